The second-order valence-corrected chi connectivity index (χ2v) is 5.36. The van der Waals surface area contributed by atoms with Crippen LogP contribution in [0.5, 0.6) is 0 Å². The Hall–Kier alpha value is -1.60. The Morgan fingerprint density at radius 2 is 2.16 bits per heavy atom. The molecule has 5 heteroatoms. The average Bonchev–Trinajstić information content (AvgIpc) is 2.40. The number of halogens is 2. The maximum absolute atomic E-state index is 13.6. The lowest BCUT2D eigenvalue weighted by Crippen LogP contribution is -2.39. The first-order chi connectivity index (χ1) is 8.81. The maximum Gasteiger partial charge on any atom is 0.229 e. The number of hydrogen-bond donors (Lipinski definition) is 0. The van der Waals surface area contributed by atoms with Crippen molar-refractivity contribution in [2.75, 3.05) is 12.9 Å². The average molecular weight is 283 g/mol. The number of alkyl halides is 1. The summed E-state index contributed by atoms with van der Waals surface area (Å²) in [5.74, 6) is -0.400. The van der Waals surface area contributed by atoms with Gasteiger partial charge in [-0.25, -0.2) is 4.39 Å². The first-order valence-electron chi connectivity index (χ1n) is 5.82. The topological polar surface area (TPSA) is 44.1 Å². The Labute approximate surface area is 117 Å². The summed E-state index contributed by atoms with van der Waals surface area (Å²) in [6, 6.07) is 6.04. The van der Waals surface area contributed by atoms with Gasteiger partial charge in [0.15, 0.2) is 0 Å². The highest BCUT2D eigenvalue weighted by Gasteiger charge is 2.29. The summed E-state index contributed by atoms with van der Waals surface area (Å²) in [6.45, 7) is 3.59. The summed E-state index contributed by atoms with van der Waals surface area (Å²) in [4.78, 5) is 13.5. The Morgan fingerprint density at radius 1 is 1.53 bits per heavy atom. The van der Waals surface area contributed by atoms with Crippen molar-refractivity contribution in [3.05, 3.63) is 35.1 Å². The molecule has 0 bridgehead atoms. The second kappa shape index (κ2) is 6.03. The molecule has 0 saturated carbocycles. The van der Waals surface area contributed by atoms with Crippen molar-refractivity contribution in [3.63, 3.8) is 0 Å². The quantitative estimate of drug-likeness (QED) is 0.797. The van der Waals surface area contributed by atoms with Gasteiger partial charge in [0.25, 0.3) is 0 Å². The van der Waals surface area contributed by atoms with Gasteiger partial charge in [0.05, 0.1) is 17.0 Å². The van der Waals surface area contributed by atoms with E-state index < -0.39 is 11.2 Å². The molecule has 0 spiro atoms. The van der Waals surface area contributed by atoms with Crippen LogP contribution in [0.4, 0.5) is 4.39 Å². The predicted octanol–water partition coefficient (Wildman–Crippen LogP) is 2.92. The molecule has 19 heavy (non-hydrogen) atoms. The van der Waals surface area contributed by atoms with Gasteiger partial charge in [-0.2, -0.15) is 5.26 Å². The molecule has 0 fully saturated rings. The maximum atomic E-state index is 13.6. The van der Waals surface area contributed by atoms with Gasteiger partial charge in [0.1, 0.15) is 5.82 Å². The zero-order chi connectivity index (χ0) is 14.6. The van der Waals surface area contributed by atoms with Gasteiger partial charge in [-0.05, 0) is 32.0 Å². The van der Waals surface area contributed by atoms with Crippen molar-refractivity contribution >= 4 is 17.5 Å². The molecule has 1 aromatic rings. The first kappa shape index (κ1) is 15.5. The normalized spacial score (nSPS) is 10.9. The van der Waals surface area contributed by atoms with Crippen LogP contribution < -0.4 is 0 Å². The van der Waals surface area contributed by atoms with Gasteiger partial charge in [-0.3, -0.25) is 4.79 Å². The molecule has 0 N–H and O–H groups in total. The monoisotopic (exact) mass is 282 g/mol. The number of hydrogen-bond acceptors (Lipinski definition) is 2. The molecule has 1 aromatic carbocycles. The standard InChI is InChI=1S/C14H16ClFN2O/c1-14(2,9-15)13(19)18(3)8-11-6-10(7-17)4-5-12(11)16/h4-6H,8-9H2,1-3H3. The first-order valence-corrected chi connectivity index (χ1v) is 6.35. The predicted molar refractivity (Wildman–Crippen MR) is 72.1 cm³/mol. The largest absolute Gasteiger partial charge is 0.341 e. The zero-order valence-corrected chi connectivity index (χ0v) is 12.0. The molecule has 0 aliphatic rings. The highest BCUT2D eigenvalue weighted by Crippen LogP contribution is 2.22. The number of nitriles is 1. The Balaban J connectivity index is 2.91. The third-order valence-electron chi connectivity index (χ3n) is 2.84. The molecular weight excluding hydrogens is 267 g/mol. The van der Waals surface area contributed by atoms with Crippen molar-refractivity contribution in [1.82, 2.24) is 4.90 Å². The lowest BCUT2D eigenvalue weighted by molar-refractivity contribution is -0.138. The molecule has 102 valence electrons. The van der Waals surface area contributed by atoms with Crippen molar-refractivity contribution in [2.45, 2.75) is 20.4 Å². The van der Waals surface area contributed by atoms with Crippen LogP contribution in [0, 0.1) is 22.6 Å². The van der Waals surface area contributed by atoms with Gasteiger partial charge in [-0.1, -0.05) is 0 Å². The van der Waals surface area contributed by atoms with E-state index in [1.165, 1.54) is 23.1 Å². The summed E-state index contributed by atoms with van der Waals surface area (Å²) in [5.41, 5.74) is -0.00582. The van der Waals surface area contributed by atoms with Crippen molar-refractivity contribution in [2.24, 2.45) is 5.41 Å². The number of amides is 1. The highest BCUT2D eigenvalue weighted by molar-refractivity contribution is 6.19. The van der Waals surface area contributed by atoms with Crippen molar-refractivity contribution in [1.29, 1.82) is 5.26 Å². The molecule has 0 aliphatic heterocycles. The van der Waals surface area contributed by atoms with Crippen LogP contribution in [0.15, 0.2) is 18.2 Å². The molecule has 0 atom stereocenters. The fourth-order valence-electron chi connectivity index (χ4n) is 1.67. The van der Waals surface area contributed by atoms with Gasteiger partial charge in [0, 0.05) is 25.0 Å². The van der Waals surface area contributed by atoms with Crippen LogP contribution in [-0.4, -0.2) is 23.7 Å². The summed E-state index contributed by atoms with van der Waals surface area (Å²) in [5, 5.41) is 8.79. The highest BCUT2D eigenvalue weighted by atomic mass is 35.5. The minimum Gasteiger partial charge on any atom is -0.341 e. The fraction of sp³-hybridized carbons (Fsp3) is 0.429. The minimum absolute atomic E-state index is 0.112. The molecule has 1 amide bonds. The van der Waals surface area contributed by atoms with Gasteiger partial charge in [-0.15, -0.1) is 11.6 Å². The summed E-state index contributed by atoms with van der Waals surface area (Å²) >= 11 is 5.75. The molecule has 0 aliphatic carbocycles. The van der Waals surface area contributed by atoms with E-state index in [1.807, 2.05) is 6.07 Å². The van der Waals surface area contributed by atoms with E-state index in [9.17, 15) is 9.18 Å². The molecule has 0 heterocycles. The van der Waals surface area contributed by atoms with E-state index in [2.05, 4.69) is 0 Å². The Morgan fingerprint density at radius 3 is 2.68 bits per heavy atom. The van der Waals surface area contributed by atoms with Gasteiger partial charge in [0.2, 0.25) is 5.91 Å². The molecular formula is C14H16ClFN2O. The van der Waals surface area contributed by atoms with E-state index >= 15 is 0 Å². The number of rotatable bonds is 4. The van der Waals surface area contributed by atoms with Crippen molar-refractivity contribution in [3.8, 4) is 6.07 Å². The van der Waals surface area contributed by atoms with E-state index in [0.717, 1.165) is 0 Å². The molecule has 1 rings (SSSR count). The lowest BCUT2D eigenvalue weighted by Gasteiger charge is -2.27. The number of nitrogens with zero attached hydrogens (tertiary/aromatic N) is 2. The van der Waals surface area contributed by atoms with Gasteiger partial charge < -0.3 is 4.90 Å². The smallest absolute Gasteiger partial charge is 0.229 e. The third kappa shape index (κ3) is 3.68. The molecule has 0 saturated heterocycles. The van der Waals surface area contributed by atoms with E-state index in [1.54, 1.807) is 20.9 Å². The summed E-state index contributed by atoms with van der Waals surface area (Å²) < 4.78 is 13.6. The molecule has 0 aromatic heterocycles. The lowest BCUT2D eigenvalue weighted by atomic mass is 9.94. The molecule has 3 nitrogen and oxygen atoms in total. The SMILES string of the molecule is CN(Cc1cc(C#N)ccc1F)C(=O)C(C)(C)CCl. The molecule has 0 radical (unpaired) electrons. The van der Waals surface area contributed by atoms with E-state index in [0.29, 0.717) is 11.1 Å². The van der Waals surface area contributed by atoms with Crippen molar-refractivity contribution < 1.29 is 9.18 Å². The Kier molecular flexibility index (Phi) is 4.90. The van der Waals surface area contributed by atoms with Crippen LogP contribution in [0.3, 0.4) is 0 Å². The van der Waals surface area contributed by atoms with E-state index in [4.69, 9.17) is 16.9 Å². The second-order valence-electron chi connectivity index (χ2n) is 5.10. The summed E-state index contributed by atoms with van der Waals surface area (Å²) in [6.07, 6.45) is 0. The van der Waals surface area contributed by atoms with E-state index in [-0.39, 0.29) is 18.3 Å². The number of benzene rings is 1. The third-order valence-corrected chi connectivity index (χ3v) is 3.51. The Bertz CT molecular complexity index is 523. The number of carbonyl (C=O) groups excluding carboxylic acids is 1. The summed E-state index contributed by atoms with van der Waals surface area (Å²) in [7, 11) is 1.59. The molecule has 0 unspecified atom stereocenters. The minimum atomic E-state index is -0.695. The zero-order valence-electron chi connectivity index (χ0n) is 11.2. The fourth-order valence-corrected chi connectivity index (χ4v) is 1.78. The van der Waals surface area contributed by atoms with Crippen LogP contribution >= 0.6 is 11.6 Å². The van der Waals surface area contributed by atoms with Crippen LogP contribution in [-0.2, 0) is 11.3 Å². The number of carbonyl (C=O) groups is 1. The van der Waals surface area contributed by atoms with Crippen LogP contribution in [0.25, 0.3) is 0 Å². The van der Waals surface area contributed by atoms with Crippen LogP contribution in [0.1, 0.15) is 25.0 Å². The van der Waals surface area contributed by atoms with Crippen LogP contribution in [0.2, 0.25) is 0 Å². The van der Waals surface area contributed by atoms with Gasteiger partial charge >= 0.3 is 0 Å².